The topological polar surface area (TPSA) is 52.3 Å². The van der Waals surface area contributed by atoms with Crippen molar-refractivity contribution < 1.29 is 18.3 Å². The molecule has 2 aromatic rings. The second kappa shape index (κ2) is 3.91. The Kier molecular flexibility index (Phi) is 2.45. The van der Waals surface area contributed by atoms with Gasteiger partial charge in [0.15, 0.2) is 0 Å². The molecule has 1 heterocycles. The Morgan fingerprint density at radius 3 is 3.00 bits per heavy atom. The molecule has 0 saturated carbocycles. The Labute approximate surface area is 84.3 Å². The van der Waals surface area contributed by atoms with Crippen LogP contribution in [0, 0.1) is 5.82 Å². The van der Waals surface area contributed by atoms with Crippen LogP contribution in [0.15, 0.2) is 41.1 Å². The average Bonchev–Trinajstić information content (AvgIpc) is 2.70. The molecule has 0 aliphatic heterocycles. The Morgan fingerprint density at radius 2 is 2.33 bits per heavy atom. The molecule has 0 atom stereocenters. The van der Waals surface area contributed by atoms with Crippen molar-refractivity contribution >= 4 is 5.97 Å². The Bertz CT molecular complexity index is 467. The van der Waals surface area contributed by atoms with Crippen molar-refractivity contribution in [2.45, 2.75) is 0 Å². The average molecular weight is 207 g/mol. The summed E-state index contributed by atoms with van der Waals surface area (Å²) in [4.78, 5) is 14.9. The summed E-state index contributed by atoms with van der Waals surface area (Å²) in [6, 6.07) is 5.25. The predicted molar refractivity (Wildman–Crippen MR) is 47.9 cm³/mol. The SMILES string of the molecule is O=C(Oc1cccc(F)c1)c1ncco1. The molecule has 0 amide bonds. The maximum absolute atomic E-state index is 12.7. The number of carbonyl (C=O) groups is 1. The molecule has 76 valence electrons. The number of hydrogen-bond donors (Lipinski definition) is 0. The molecular formula is C10H6FNO3. The van der Waals surface area contributed by atoms with Crippen molar-refractivity contribution in [3.8, 4) is 5.75 Å². The number of esters is 1. The Hall–Kier alpha value is -2.17. The van der Waals surface area contributed by atoms with E-state index in [1.807, 2.05) is 0 Å². The van der Waals surface area contributed by atoms with E-state index in [2.05, 4.69) is 4.98 Å². The van der Waals surface area contributed by atoms with Gasteiger partial charge < -0.3 is 9.15 Å². The molecule has 0 saturated heterocycles. The Balaban J connectivity index is 2.13. The van der Waals surface area contributed by atoms with Gasteiger partial charge in [-0.3, -0.25) is 0 Å². The molecule has 15 heavy (non-hydrogen) atoms. The fourth-order valence-electron chi connectivity index (χ4n) is 1.01. The molecular weight excluding hydrogens is 201 g/mol. The summed E-state index contributed by atoms with van der Waals surface area (Å²) in [5.41, 5.74) is 0. The minimum atomic E-state index is -0.759. The first-order valence-corrected chi connectivity index (χ1v) is 4.13. The first kappa shape index (κ1) is 9.39. The number of rotatable bonds is 2. The quantitative estimate of drug-likeness (QED) is 0.558. The van der Waals surface area contributed by atoms with E-state index in [-0.39, 0.29) is 11.6 Å². The van der Waals surface area contributed by atoms with E-state index in [1.54, 1.807) is 0 Å². The lowest BCUT2D eigenvalue weighted by molar-refractivity contribution is 0.0692. The van der Waals surface area contributed by atoms with Gasteiger partial charge in [0.05, 0.1) is 6.20 Å². The van der Waals surface area contributed by atoms with E-state index >= 15 is 0 Å². The molecule has 0 unspecified atom stereocenters. The third-order valence-electron chi connectivity index (χ3n) is 1.61. The first-order chi connectivity index (χ1) is 7.25. The number of carbonyl (C=O) groups excluding carboxylic acids is 1. The summed E-state index contributed by atoms with van der Waals surface area (Å²) >= 11 is 0. The lowest BCUT2D eigenvalue weighted by Gasteiger charge is -2.00. The van der Waals surface area contributed by atoms with E-state index in [0.29, 0.717) is 0 Å². The summed E-state index contributed by atoms with van der Waals surface area (Å²) in [7, 11) is 0. The van der Waals surface area contributed by atoms with Gasteiger partial charge in [0.25, 0.3) is 0 Å². The molecule has 4 nitrogen and oxygen atoms in total. The number of hydrogen-bond acceptors (Lipinski definition) is 4. The molecule has 1 aromatic carbocycles. The zero-order chi connectivity index (χ0) is 10.7. The zero-order valence-corrected chi connectivity index (χ0v) is 7.51. The largest absolute Gasteiger partial charge is 0.440 e. The maximum atomic E-state index is 12.7. The molecule has 0 fully saturated rings. The summed E-state index contributed by atoms with van der Waals surface area (Å²) < 4.78 is 22.3. The van der Waals surface area contributed by atoms with Crippen LogP contribution in [0.5, 0.6) is 5.75 Å². The fraction of sp³-hybridized carbons (Fsp3) is 0. The number of ether oxygens (including phenoxy) is 1. The number of aromatic nitrogens is 1. The molecule has 0 aliphatic rings. The molecule has 0 spiro atoms. The minimum Gasteiger partial charge on any atom is -0.440 e. The van der Waals surface area contributed by atoms with Gasteiger partial charge in [-0.15, -0.1) is 0 Å². The van der Waals surface area contributed by atoms with Crippen molar-refractivity contribution in [2.24, 2.45) is 0 Å². The second-order valence-corrected chi connectivity index (χ2v) is 2.68. The molecule has 2 rings (SSSR count). The fourth-order valence-corrected chi connectivity index (χ4v) is 1.01. The second-order valence-electron chi connectivity index (χ2n) is 2.68. The molecule has 1 aromatic heterocycles. The van der Waals surface area contributed by atoms with E-state index in [9.17, 15) is 9.18 Å². The summed E-state index contributed by atoms with van der Waals surface area (Å²) in [6.45, 7) is 0. The van der Waals surface area contributed by atoms with E-state index < -0.39 is 11.8 Å². The molecule has 0 N–H and O–H groups in total. The third kappa shape index (κ3) is 2.19. The van der Waals surface area contributed by atoms with Crippen molar-refractivity contribution in [1.82, 2.24) is 4.98 Å². The molecule has 0 bridgehead atoms. The molecule has 5 heteroatoms. The highest BCUT2D eigenvalue weighted by atomic mass is 19.1. The monoisotopic (exact) mass is 207 g/mol. The highest BCUT2D eigenvalue weighted by molar-refractivity contribution is 5.85. The van der Waals surface area contributed by atoms with E-state index in [4.69, 9.17) is 9.15 Å². The van der Waals surface area contributed by atoms with Gasteiger partial charge in [0.1, 0.15) is 17.8 Å². The highest BCUT2D eigenvalue weighted by Crippen LogP contribution is 2.13. The van der Waals surface area contributed by atoms with Crippen LogP contribution in [0.25, 0.3) is 0 Å². The van der Waals surface area contributed by atoms with Crippen LogP contribution in [-0.2, 0) is 0 Å². The number of nitrogens with zero attached hydrogens (tertiary/aromatic N) is 1. The van der Waals surface area contributed by atoms with Crippen LogP contribution in [0.3, 0.4) is 0 Å². The van der Waals surface area contributed by atoms with Gasteiger partial charge >= 0.3 is 11.9 Å². The van der Waals surface area contributed by atoms with E-state index in [1.165, 1.54) is 30.7 Å². The Morgan fingerprint density at radius 1 is 1.47 bits per heavy atom. The smallest absolute Gasteiger partial charge is 0.400 e. The number of oxazole rings is 1. The minimum absolute atomic E-state index is 0.109. The van der Waals surface area contributed by atoms with Crippen molar-refractivity contribution in [2.75, 3.05) is 0 Å². The van der Waals surface area contributed by atoms with Crippen LogP contribution in [0.1, 0.15) is 10.7 Å². The standard InChI is InChI=1S/C10H6FNO3/c11-7-2-1-3-8(6-7)15-10(13)9-12-4-5-14-9/h1-6H. The maximum Gasteiger partial charge on any atom is 0.400 e. The van der Waals surface area contributed by atoms with Gasteiger partial charge in [0, 0.05) is 6.07 Å². The van der Waals surface area contributed by atoms with Gasteiger partial charge in [-0.05, 0) is 12.1 Å². The van der Waals surface area contributed by atoms with Crippen LogP contribution >= 0.6 is 0 Å². The highest BCUT2D eigenvalue weighted by Gasteiger charge is 2.13. The van der Waals surface area contributed by atoms with Crippen LogP contribution in [0.4, 0.5) is 4.39 Å². The lowest BCUT2D eigenvalue weighted by Crippen LogP contribution is -2.08. The first-order valence-electron chi connectivity index (χ1n) is 4.13. The summed E-state index contributed by atoms with van der Waals surface area (Å²) in [5.74, 6) is -1.30. The predicted octanol–water partition coefficient (Wildman–Crippen LogP) is 2.03. The van der Waals surface area contributed by atoms with Crippen molar-refractivity contribution in [1.29, 1.82) is 0 Å². The zero-order valence-electron chi connectivity index (χ0n) is 7.51. The molecule has 0 radical (unpaired) electrons. The third-order valence-corrected chi connectivity index (χ3v) is 1.61. The molecule has 0 aliphatic carbocycles. The van der Waals surface area contributed by atoms with Gasteiger partial charge in [-0.2, -0.15) is 0 Å². The van der Waals surface area contributed by atoms with Gasteiger partial charge in [-0.1, -0.05) is 6.07 Å². The van der Waals surface area contributed by atoms with Crippen LogP contribution < -0.4 is 4.74 Å². The van der Waals surface area contributed by atoms with Crippen LogP contribution in [-0.4, -0.2) is 11.0 Å². The lowest BCUT2D eigenvalue weighted by atomic mass is 10.3. The summed E-state index contributed by atoms with van der Waals surface area (Å²) in [5, 5.41) is 0. The van der Waals surface area contributed by atoms with E-state index in [0.717, 1.165) is 6.07 Å². The number of benzene rings is 1. The van der Waals surface area contributed by atoms with Gasteiger partial charge in [-0.25, -0.2) is 14.2 Å². The normalized spacial score (nSPS) is 9.93. The van der Waals surface area contributed by atoms with Gasteiger partial charge in [0.2, 0.25) is 0 Å². The van der Waals surface area contributed by atoms with Crippen LogP contribution in [0.2, 0.25) is 0 Å². The number of halogens is 1. The van der Waals surface area contributed by atoms with Crippen molar-refractivity contribution in [3.63, 3.8) is 0 Å². The van der Waals surface area contributed by atoms with Crippen molar-refractivity contribution in [3.05, 3.63) is 48.4 Å². The summed E-state index contributed by atoms with van der Waals surface area (Å²) in [6.07, 6.45) is 2.57.